The van der Waals surface area contributed by atoms with Crippen molar-refractivity contribution in [3.05, 3.63) is 56.5 Å². The van der Waals surface area contributed by atoms with E-state index in [0.717, 1.165) is 23.6 Å². The normalized spacial score (nSPS) is 15.9. The first-order chi connectivity index (χ1) is 12.1. The Bertz CT molecular complexity index is 957. The number of halogens is 3. The molecule has 1 aromatic heterocycles. The summed E-state index contributed by atoms with van der Waals surface area (Å²) in [7, 11) is 1.44. The van der Waals surface area contributed by atoms with Gasteiger partial charge in [-0.15, -0.1) is 0 Å². The molecule has 1 atom stereocenters. The molecule has 1 saturated carbocycles. The maximum atomic E-state index is 12.9. The summed E-state index contributed by atoms with van der Waals surface area (Å²) in [5.74, 6) is -1.51. The first-order valence-electron chi connectivity index (χ1n) is 7.69. The van der Waals surface area contributed by atoms with Gasteiger partial charge >= 0.3 is 6.18 Å². The van der Waals surface area contributed by atoms with Crippen LogP contribution < -0.4 is 5.56 Å². The number of hydrogen-bond acceptors (Lipinski definition) is 4. The first kappa shape index (κ1) is 18.6. The van der Waals surface area contributed by atoms with E-state index in [1.807, 2.05) is 0 Å². The summed E-state index contributed by atoms with van der Waals surface area (Å²) in [6.07, 6.45) is -3.08. The number of alkyl halides is 3. The summed E-state index contributed by atoms with van der Waals surface area (Å²) in [5, 5.41) is 2.80. The van der Waals surface area contributed by atoms with E-state index in [9.17, 15) is 31.5 Å². The van der Waals surface area contributed by atoms with Crippen molar-refractivity contribution in [2.24, 2.45) is 7.05 Å². The highest BCUT2D eigenvalue weighted by Crippen LogP contribution is 2.40. The maximum absolute atomic E-state index is 12.9. The number of benzene rings is 1. The van der Waals surface area contributed by atoms with Gasteiger partial charge in [-0.25, -0.2) is 0 Å². The summed E-state index contributed by atoms with van der Waals surface area (Å²) < 4.78 is 61.9. The van der Waals surface area contributed by atoms with Gasteiger partial charge in [0, 0.05) is 24.3 Å². The number of carbonyl (C=O) groups excluding carboxylic acids is 1. The van der Waals surface area contributed by atoms with Crippen LogP contribution in [0.5, 0.6) is 0 Å². The summed E-state index contributed by atoms with van der Waals surface area (Å²) in [6.45, 7) is 0. The van der Waals surface area contributed by atoms with Gasteiger partial charge in [0.2, 0.25) is 5.78 Å². The number of rotatable bonds is 5. The van der Waals surface area contributed by atoms with E-state index in [1.165, 1.54) is 7.05 Å². The molecule has 26 heavy (non-hydrogen) atoms. The third-order valence-electron chi connectivity index (χ3n) is 4.24. The molecule has 10 heteroatoms. The number of ketones is 1. The number of nitrogens with one attached hydrogen (secondary N) is 1. The Morgan fingerprint density at radius 2 is 2.04 bits per heavy atom. The molecule has 0 aliphatic heterocycles. The molecule has 0 saturated heterocycles. The van der Waals surface area contributed by atoms with E-state index < -0.39 is 39.9 Å². The summed E-state index contributed by atoms with van der Waals surface area (Å²) >= 11 is -2.70. The van der Waals surface area contributed by atoms with Crippen LogP contribution in [0.25, 0.3) is 0 Å². The van der Waals surface area contributed by atoms with Crippen molar-refractivity contribution in [3.8, 4) is 0 Å². The van der Waals surface area contributed by atoms with Crippen LogP contribution in [-0.4, -0.2) is 24.3 Å². The predicted molar refractivity (Wildman–Crippen MR) is 85.5 cm³/mol. The molecule has 2 aromatic rings. The highest BCUT2D eigenvalue weighted by molar-refractivity contribution is 7.78. The number of aromatic amines is 1. The quantitative estimate of drug-likeness (QED) is 0.629. The summed E-state index contributed by atoms with van der Waals surface area (Å²) in [4.78, 5) is 25.2. The lowest BCUT2D eigenvalue weighted by molar-refractivity contribution is -0.137. The van der Waals surface area contributed by atoms with Gasteiger partial charge < -0.3 is 4.55 Å². The second kappa shape index (κ2) is 6.51. The SMILES string of the molecule is Cn1[nH]c(C2CC2)c(C(=O)c2ccc(C(F)(F)F)cc2CS(=O)[O-])c1=O. The molecule has 1 N–H and O–H groups in total. The summed E-state index contributed by atoms with van der Waals surface area (Å²) in [6, 6.07) is 2.27. The fraction of sp³-hybridized carbons (Fsp3) is 0.375. The zero-order valence-electron chi connectivity index (χ0n) is 13.6. The lowest BCUT2D eigenvalue weighted by Gasteiger charge is -2.14. The number of aryl methyl sites for hydroxylation is 1. The van der Waals surface area contributed by atoms with Crippen LogP contribution in [0.2, 0.25) is 0 Å². The van der Waals surface area contributed by atoms with Crippen molar-refractivity contribution in [1.82, 2.24) is 9.78 Å². The van der Waals surface area contributed by atoms with Crippen molar-refractivity contribution >= 4 is 16.9 Å². The zero-order valence-corrected chi connectivity index (χ0v) is 14.4. The molecular formula is C16H14F3N2O4S-. The Hall–Kier alpha value is -2.20. The van der Waals surface area contributed by atoms with Crippen molar-refractivity contribution in [2.45, 2.75) is 30.7 Å². The van der Waals surface area contributed by atoms with Crippen LogP contribution in [-0.2, 0) is 30.1 Å². The molecule has 1 aliphatic rings. The van der Waals surface area contributed by atoms with Crippen LogP contribution in [0, 0.1) is 0 Å². The van der Waals surface area contributed by atoms with Gasteiger partial charge in [0.25, 0.3) is 5.56 Å². The highest BCUT2D eigenvalue weighted by Gasteiger charge is 2.35. The monoisotopic (exact) mass is 387 g/mol. The average Bonchev–Trinajstić information content (AvgIpc) is 3.32. The molecule has 3 rings (SSSR count). The topological polar surface area (TPSA) is 95.0 Å². The highest BCUT2D eigenvalue weighted by atomic mass is 32.2. The van der Waals surface area contributed by atoms with Gasteiger partial charge in [-0.05, 0) is 30.5 Å². The number of nitrogens with zero attached hydrogens (tertiary/aromatic N) is 1. The zero-order chi connectivity index (χ0) is 19.2. The molecular weight excluding hydrogens is 373 g/mol. The molecule has 6 nitrogen and oxygen atoms in total. The van der Waals surface area contributed by atoms with E-state index in [0.29, 0.717) is 17.8 Å². The molecule has 0 bridgehead atoms. The van der Waals surface area contributed by atoms with Gasteiger partial charge in [0.15, 0.2) is 0 Å². The Kier molecular flexibility index (Phi) is 4.65. The molecule has 1 aromatic carbocycles. The minimum absolute atomic E-state index is 0.0226. The van der Waals surface area contributed by atoms with Crippen molar-refractivity contribution in [3.63, 3.8) is 0 Å². The van der Waals surface area contributed by atoms with Gasteiger partial charge in [0.1, 0.15) is 5.56 Å². The second-order valence-electron chi connectivity index (χ2n) is 6.19. The predicted octanol–water partition coefficient (Wildman–Crippen LogP) is 2.22. The molecule has 0 amide bonds. The van der Waals surface area contributed by atoms with Gasteiger partial charge in [-0.3, -0.25) is 23.6 Å². The van der Waals surface area contributed by atoms with E-state index in [1.54, 1.807) is 0 Å². The molecule has 0 radical (unpaired) electrons. The third kappa shape index (κ3) is 3.51. The van der Waals surface area contributed by atoms with Crippen LogP contribution in [0.15, 0.2) is 23.0 Å². The van der Waals surface area contributed by atoms with Crippen molar-refractivity contribution in [2.75, 3.05) is 0 Å². The molecule has 0 spiro atoms. The lowest BCUT2D eigenvalue weighted by atomic mass is 9.96. The van der Waals surface area contributed by atoms with Crippen LogP contribution in [0.3, 0.4) is 0 Å². The molecule has 1 aliphatic carbocycles. The number of carbonyl (C=O) groups is 1. The van der Waals surface area contributed by atoms with E-state index in [4.69, 9.17) is 0 Å². The molecule has 1 fully saturated rings. The Morgan fingerprint density at radius 1 is 1.38 bits per heavy atom. The first-order valence-corrected chi connectivity index (χ1v) is 8.93. The van der Waals surface area contributed by atoms with Crippen molar-refractivity contribution in [1.29, 1.82) is 0 Å². The smallest absolute Gasteiger partial charge is 0.416 e. The average molecular weight is 387 g/mol. The molecule has 140 valence electrons. The molecule has 1 heterocycles. The van der Waals surface area contributed by atoms with Gasteiger partial charge in [-0.2, -0.15) is 13.2 Å². The van der Waals surface area contributed by atoms with Crippen LogP contribution >= 0.6 is 0 Å². The fourth-order valence-electron chi connectivity index (χ4n) is 2.83. The van der Waals surface area contributed by atoms with Gasteiger partial charge in [-0.1, -0.05) is 17.1 Å². The minimum Gasteiger partial charge on any atom is -0.772 e. The Morgan fingerprint density at radius 3 is 2.58 bits per heavy atom. The lowest BCUT2D eigenvalue weighted by Crippen LogP contribution is -2.21. The summed E-state index contributed by atoms with van der Waals surface area (Å²) in [5.41, 5.74) is -1.86. The Balaban J connectivity index is 2.13. The molecule has 1 unspecified atom stereocenters. The van der Waals surface area contributed by atoms with Crippen LogP contribution in [0.4, 0.5) is 13.2 Å². The van der Waals surface area contributed by atoms with Gasteiger partial charge in [0.05, 0.1) is 11.3 Å². The van der Waals surface area contributed by atoms with E-state index in [-0.39, 0.29) is 22.6 Å². The van der Waals surface area contributed by atoms with Crippen molar-refractivity contribution < 1.29 is 26.7 Å². The third-order valence-corrected chi connectivity index (χ3v) is 4.79. The fourth-order valence-corrected chi connectivity index (χ4v) is 3.32. The number of aromatic nitrogens is 2. The second-order valence-corrected chi connectivity index (χ2v) is 7.08. The van der Waals surface area contributed by atoms with Crippen LogP contribution in [0.1, 0.15) is 51.5 Å². The van der Waals surface area contributed by atoms with E-state index >= 15 is 0 Å². The number of H-pyrrole nitrogens is 1. The largest absolute Gasteiger partial charge is 0.772 e. The minimum atomic E-state index is -4.68. The maximum Gasteiger partial charge on any atom is 0.416 e. The number of hydrogen-bond donors (Lipinski definition) is 1. The standard InChI is InChI=1S/C16H15F3N2O4S/c1-21-15(23)12(13(20-21)8-2-3-8)14(22)11-5-4-10(16(17,18)19)6-9(11)7-26(24)25/h4-6,8,20H,2-3,7H2,1H3,(H,24,25)/p-1. The van der Waals surface area contributed by atoms with E-state index in [2.05, 4.69) is 5.10 Å². The Labute approximate surface area is 148 Å².